The maximum atomic E-state index is 13.3. The van der Waals surface area contributed by atoms with Gasteiger partial charge in [0.15, 0.2) is 12.5 Å². The Morgan fingerprint density at radius 1 is 1.19 bits per heavy atom. The van der Waals surface area contributed by atoms with E-state index < -0.39 is 44.5 Å². The topological polar surface area (TPSA) is 127 Å². The lowest BCUT2D eigenvalue weighted by atomic mass is 9.99. The van der Waals surface area contributed by atoms with E-state index in [1.807, 2.05) is 0 Å². The van der Waals surface area contributed by atoms with Crippen LogP contribution in [0.5, 0.6) is 0 Å². The number of hydrogen-bond donors (Lipinski definition) is 5. The quantitative estimate of drug-likeness (QED) is 0.384. The predicted molar refractivity (Wildman–Crippen MR) is 49.3 cm³/mol. The average Bonchev–Trinajstić information content (AvgIpc) is 2.17. The summed E-state index contributed by atoms with van der Waals surface area (Å²) in [7, 11) is -4.29. The molecule has 0 spiro atoms. The van der Waals surface area contributed by atoms with E-state index in [1.165, 1.54) is 0 Å². The zero-order valence-corrected chi connectivity index (χ0v) is 9.07. The molecule has 0 aromatic rings. The Labute approximate surface area is 90.6 Å². The summed E-state index contributed by atoms with van der Waals surface area (Å²) in [6.45, 7) is 0. The van der Waals surface area contributed by atoms with Crippen molar-refractivity contribution in [1.29, 1.82) is 0 Å². The van der Waals surface area contributed by atoms with Crippen molar-refractivity contribution < 1.29 is 38.8 Å². The molecule has 1 saturated heterocycles. The van der Waals surface area contributed by atoms with Crippen LogP contribution in [-0.4, -0.2) is 62.0 Å². The summed E-state index contributed by atoms with van der Waals surface area (Å²) in [6, 6.07) is 0. The molecule has 0 radical (unpaired) electrons. The lowest BCUT2D eigenvalue weighted by Crippen LogP contribution is -2.55. The second-order valence-corrected chi connectivity index (χ2v) is 5.44. The van der Waals surface area contributed by atoms with Gasteiger partial charge in [-0.15, -0.1) is 0 Å². The molecule has 9 heteroatoms. The summed E-state index contributed by atoms with van der Waals surface area (Å²) in [5.74, 6) is 0. The molecule has 1 fully saturated rings. The molecular formula is C7H14FO7P. The Morgan fingerprint density at radius 3 is 2.25 bits per heavy atom. The third-order valence-electron chi connectivity index (χ3n) is 2.34. The van der Waals surface area contributed by atoms with Crippen molar-refractivity contribution in [3.05, 3.63) is 0 Å². The van der Waals surface area contributed by atoms with Crippen LogP contribution in [0.1, 0.15) is 6.42 Å². The first-order valence-corrected chi connectivity index (χ1v) is 6.40. The highest BCUT2D eigenvalue weighted by Gasteiger charge is 2.44. The smallest absolute Gasteiger partial charge is 0.325 e. The lowest BCUT2D eigenvalue weighted by Gasteiger charge is -2.37. The lowest BCUT2D eigenvalue weighted by molar-refractivity contribution is -0.270. The number of alkyl halides is 1. The standard InChI is InChI=1S/C7H14FO7P/c8-4-3(1-2-16(12,13)14)15-7(11)6(10)5(4)9/h3-7,9-11H,1-2H2,(H2,12,13,14)/t3-,4-,5+,6+,7?/m1/s1. The van der Waals surface area contributed by atoms with Gasteiger partial charge in [-0.1, -0.05) is 0 Å². The van der Waals surface area contributed by atoms with Crippen molar-refractivity contribution in [3.63, 3.8) is 0 Å². The molecule has 0 saturated carbocycles. The summed E-state index contributed by atoms with van der Waals surface area (Å²) in [4.78, 5) is 17.2. The van der Waals surface area contributed by atoms with Gasteiger partial charge in [-0.05, 0) is 6.42 Å². The van der Waals surface area contributed by atoms with Crippen LogP contribution in [0.3, 0.4) is 0 Å². The number of ether oxygens (including phenoxy) is 1. The van der Waals surface area contributed by atoms with Crippen LogP contribution in [0, 0.1) is 0 Å². The fraction of sp³-hybridized carbons (Fsp3) is 1.00. The second kappa shape index (κ2) is 5.05. The van der Waals surface area contributed by atoms with Crippen LogP contribution in [0.2, 0.25) is 0 Å². The van der Waals surface area contributed by atoms with E-state index in [-0.39, 0.29) is 6.42 Å². The number of aliphatic hydroxyl groups is 3. The van der Waals surface area contributed by atoms with Crippen LogP contribution in [-0.2, 0) is 9.30 Å². The summed E-state index contributed by atoms with van der Waals surface area (Å²) >= 11 is 0. The van der Waals surface area contributed by atoms with Crippen molar-refractivity contribution in [2.45, 2.75) is 37.2 Å². The van der Waals surface area contributed by atoms with Gasteiger partial charge in [0, 0.05) is 0 Å². The van der Waals surface area contributed by atoms with Crippen molar-refractivity contribution in [2.24, 2.45) is 0 Å². The SMILES string of the molecule is O=P(O)(O)CC[C@H]1OC(O)[C@@H](O)[C@@H](O)[C@@H]1F. The van der Waals surface area contributed by atoms with Crippen molar-refractivity contribution in [1.82, 2.24) is 0 Å². The van der Waals surface area contributed by atoms with Crippen LogP contribution in [0.25, 0.3) is 0 Å². The van der Waals surface area contributed by atoms with Gasteiger partial charge in [-0.3, -0.25) is 4.57 Å². The first kappa shape index (κ1) is 14.0. The van der Waals surface area contributed by atoms with Gasteiger partial charge in [-0.25, -0.2) is 4.39 Å². The second-order valence-electron chi connectivity index (χ2n) is 3.67. The molecule has 0 bridgehead atoms. The molecule has 0 amide bonds. The highest BCUT2D eigenvalue weighted by molar-refractivity contribution is 7.51. The first-order valence-electron chi connectivity index (χ1n) is 4.60. The monoisotopic (exact) mass is 260 g/mol. The molecule has 96 valence electrons. The number of rotatable bonds is 3. The van der Waals surface area contributed by atoms with Gasteiger partial charge < -0.3 is 29.8 Å². The fourth-order valence-corrected chi connectivity index (χ4v) is 2.03. The van der Waals surface area contributed by atoms with Crippen LogP contribution in [0.15, 0.2) is 0 Å². The van der Waals surface area contributed by atoms with E-state index in [1.54, 1.807) is 0 Å². The van der Waals surface area contributed by atoms with E-state index in [9.17, 15) is 8.96 Å². The third kappa shape index (κ3) is 3.46. The first-order chi connectivity index (χ1) is 7.22. The van der Waals surface area contributed by atoms with Gasteiger partial charge in [0.2, 0.25) is 0 Å². The van der Waals surface area contributed by atoms with Gasteiger partial charge >= 0.3 is 7.60 Å². The van der Waals surface area contributed by atoms with Gasteiger partial charge in [0.1, 0.15) is 12.2 Å². The summed E-state index contributed by atoms with van der Waals surface area (Å²) in [5, 5.41) is 27.3. The minimum Gasteiger partial charge on any atom is -0.387 e. The van der Waals surface area contributed by atoms with E-state index in [2.05, 4.69) is 4.74 Å². The Balaban J connectivity index is 2.57. The molecule has 5 atom stereocenters. The van der Waals surface area contributed by atoms with Crippen LogP contribution < -0.4 is 0 Å². The molecule has 0 aromatic heterocycles. The highest BCUT2D eigenvalue weighted by atomic mass is 31.2. The van der Waals surface area contributed by atoms with Crippen LogP contribution >= 0.6 is 7.60 Å². The van der Waals surface area contributed by atoms with E-state index in [0.717, 1.165) is 0 Å². The minimum atomic E-state index is -4.29. The maximum absolute atomic E-state index is 13.3. The summed E-state index contributed by atoms with van der Waals surface area (Å²) < 4.78 is 28.5. The van der Waals surface area contributed by atoms with Crippen LogP contribution in [0.4, 0.5) is 4.39 Å². The molecule has 1 heterocycles. The Bertz CT molecular complexity index is 282. The largest absolute Gasteiger partial charge is 0.387 e. The molecule has 7 nitrogen and oxygen atoms in total. The average molecular weight is 260 g/mol. The number of aliphatic hydroxyl groups excluding tert-OH is 3. The molecule has 1 aliphatic rings. The van der Waals surface area contributed by atoms with E-state index in [4.69, 9.17) is 25.1 Å². The van der Waals surface area contributed by atoms with E-state index >= 15 is 0 Å². The molecule has 1 aliphatic heterocycles. The van der Waals surface area contributed by atoms with Gasteiger partial charge in [0.05, 0.1) is 12.3 Å². The van der Waals surface area contributed by atoms with Gasteiger partial charge in [-0.2, -0.15) is 0 Å². The Kier molecular flexibility index (Phi) is 4.42. The maximum Gasteiger partial charge on any atom is 0.325 e. The molecule has 0 aromatic carbocycles. The zero-order chi connectivity index (χ0) is 12.5. The molecule has 1 rings (SSSR count). The molecule has 1 unspecified atom stereocenters. The molecule has 16 heavy (non-hydrogen) atoms. The Morgan fingerprint density at radius 2 is 1.75 bits per heavy atom. The third-order valence-corrected chi connectivity index (χ3v) is 3.18. The number of hydrogen-bond acceptors (Lipinski definition) is 5. The zero-order valence-electron chi connectivity index (χ0n) is 8.18. The van der Waals surface area contributed by atoms with Crippen molar-refractivity contribution in [3.8, 4) is 0 Å². The van der Waals surface area contributed by atoms with Crippen molar-refractivity contribution >= 4 is 7.60 Å². The number of halogens is 1. The molecule has 0 aliphatic carbocycles. The summed E-state index contributed by atoms with van der Waals surface area (Å²) in [6.07, 6.45) is -9.67. The Hall–Kier alpha value is -0.0800. The predicted octanol–water partition coefficient (Wildman–Crippen LogP) is -1.67. The minimum absolute atomic E-state index is 0.355. The van der Waals surface area contributed by atoms with E-state index in [0.29, 0.717) is 0 Å². The highest BCUT2D eigenvalue weighted by Crippen LogP contribution is 2.37. The van der Waals surface area contributed by atoms with Gasteiger partial charge in [0.25, 0.3) is 0 Å². The fourth-order valence-electron chi connectivity index (χ4n) is 1.43. The normalized spacial score (nSPS) is 41.0. The summed E-state index contributed by atoms with van der Waals surface area (Å²) in [5.41, 5.74) is 0. The molecule has 5 N–H and O–H groups in total. The molecular weight excluding hydrogens is 246 g/mol. The van der Waals surface area contributed by atoms with Crippen molar-refractivity contribution in [2.75, 3.05) is 6.16 Å².